The second-order valence-corrected chi connectivity index (χ2v) is 4.91. The minimum atomic E-state index is -0.990. The number of nitrogens with zero attached hydrogens (tertiary/aromatic N) is 1. The van der Waals surface area contributed by atoms with Gasteiger partial charge in [0.15, 0.2) is 0 Å². The lowest BCUT2D eigenvalue weighted by molar-refractivity contribution is -0.137. The number of benzene rings is 1. The number of carbonyl (C=O) groups is 2. The third-order valence-electron chi connectivity index (χ3n) is 3.11. The normalized spacial score (nSPS) is 13.8. The molecule has 1 aromatic rings. The topological polar surface area (TPSA) is 81.7 Å². The number of aliphatic carboxylic acids is 1. The number of carboxylic acid groups (broad SMARTS) is 1. The van der Waals surface area contributed by atoms with Crippen molar-refractivity contribution in [3.63, 3.8) is 0 Å². The highest BCUT2D eigenvalue weighted by molar-refractivity contribution is 5.91. The highest BCUT2D eigenvalue weighted by atomic mass is 16.4. The predicted molar refractivity (Wildman–Crippen MR) is 75.6 cm³/mol. The molecule has 0 aromatic heterocycles. The molecular formula is C14H19N3O3. The first kappa shape index (κ1) is 14.3. The van der Waals surface area contributed by atoms with Gasteiger partial charge in [0.2, 0.25) is 0 Å². The fraction of sp³-hybridized carbons (Fsp3) is 0.429. The molecule has 0 spiro atoms. The summed E-state index contributed by atoms with van der Waals surface area (Å²) in [5, 5.41) is 14.7. The number of hydrogen-bond donors (Lipinski definition) is 3. The molecule has 1 aliphatic rings. The quantitative estimate of drug-likeness (QED) is 0.735. The number of urea groups is 1. The molecule has 1 saturated carbocycles. The third-order valence-corrected chi connectivity index (χ3v) is 3.11. The molecule has 0 radical (unpaired) electrons. The van der Waals surface area contributed by atoms with Gasteiger partial charge < -0.3 is 20.6 Å². The van der Waals surface area contributed by atoms with Crippen LogP contribution < -0.4 is 10.6 Å². The number of amides is 2. The average molecular weight is 277 g/mol. The van der Waals surface area contributed by atoms with Gasteiger partial charge in [0, 0.05) is 18.3 Å². The average Bonchev–Trinajstić information content (AvgIpc) is 3.20. The molecule has 1 aliphatic carbocycles. The monoisotopic (exact) mass is 277 g/mol. The van der Waals surface area contributed by atoms with Crippen LogP contribution in [0.15, 0.2) is 24.3 Å². The largest absolute Gasteiger partial charge is 0.480 e. The number of hydrogen-bond acceptors (Lipinski definition) is 3. The van der Waals surface area contributed by atoms with Crippen LogP contribution in [0.2, 0.25) is 0 Å². The van der Waals surface area contributed by atoms with Gasteiger partial charge in [0.1, 0.15) is 6.54 Å². The Balaban J connectivity index is 2.01. The molecule has 6 heteroatoms. The van der Waals surface area contributed by atoms with Crippen LogP contribution in [0.1, 0.15) is 18.4 Å². The Labute approximate surface area is 117 Å². The van der Waals surface area contributed by atoms with Crippen LogP contribution in [-0.2, 0) is 11.3 Å². The van der Waals surface area contributed by atoms with Crippen LogP contribution in [-0.4, -0.2) is 41.6 Å². The Morgan fingerprint density at radius 2 is 2.15 bits per heavy atom. The lowest BCUT2D eigenvalue weighted by Gasteiger charge is -2.20. The van der Waals surface area contributed by atoms with E-state index in [1.54, 1.807) is 6.07 Å². The second-order valence-electron chi connectivity index (χ2n) is 4.91. The number of anilines is 1. The molecule has 1 fully saturated rings. The van der Waals surface area contributed by atoms with Gasteiger partial charge >= 0.3 is 12.0 Å². The molecule has 0 heterocycles. The Bertz CT molecular complexity index is 500. The van der Waals surface area contributed by atoms with Crippen LogP contribution in [0.5, 0.6) is 0 Å². The third kappa shape index (κ3) is 3.96. The summed E-state index contributed by atoms with van der Waals surface area (Å²) in [6, 6.07) is 7.20. The van der Waals surface area contributed by atoms with Gasteiger partial charge in [-0.2, -0.15) is 0 Å². The second kappa shape index (κ2) is 6.38. The van der Waals surface area contributed by atoms with E-state index < -0.39 is 5.97 Å². The first-order valence-electron chi connectivity index (χ1n) is 6.63. The van der Waals surface area contributed by atoms with Crippen molar-refractivity contribution in [1.29, 1.82) is 0 Å². The van der Waals surface area contributed by atoms with Gasteiger partial charge in [-0.25, -0.2) is 4.79 Å². The lowest BCUT2D eigenvalue weighted by atomic mass is 10.2. The molecule has 2 rings (SSSR count). The van der Waals surface area contributed by atoms with Crippen molar-refractivity contribution >= 4 is 17.7 Å². The van der Waals surface area contributed by atoms with Crippen LogP contribution in [0.25, 0.3) is 0 Å². The van der Waals surface area contributed by atoms with E-state index in [0.29, 0.717) is 12.2 Å². The van der Waals surface area contributed by atoms with Gasteiger partial charge in [-0.1, -0.05) is 12.1 Å². The van der Waals surface area contributed by atoms with E-state index in [-0.39, 0.29) is 18.6 Å². The van der Waals surface area contributed by atoms with Crippen molar-refractivity contribution in [2.75, 3.05) is 18.9 Å². The van der Waals surface area contributed by atoms with E-state index in [2.05, 4.69) is 10.6 Å². The summed E-state index contributed by atoms with van der Waals surface area (Å²) >= 11 is 0. The summed E-state index contributed by atoms with van der Waals surface area (Å²) in [5.74, 6) is -0.990. The Kier molecular flexibility index (Phi) is 4.57. The van der Waals surface area contributed by atoms with Crippen LogP contribution in [0.4, 0.5) is 10.5 Å². The fourth-order valence-electron chi connectivity index (χ4n) is 2.06. The van der Waals surface area contributed by atoms with E-state index >= 15 is 0 Å². The van der Waals surface area contributed by atoms with Crippen LogP contribution in [0.3, 0.4) is 0 Å². The van der Waals surface area contributed by atoms with Crippen molar-refractivity contribution in [2.24, 2.45) is 0 Å². The summed E-state index contributed by atoms with van der Waals surface area (Å²) in [6.07, 6.45) is 1.75. The van der Waals surface area contributed by atoms with E-state index in [4.69, 9.17) is 5.11 Å². The first-order chi connectivity index (χ1) is 9.60. The first-order valence-corrected chi connectivity index (χ1v) is 6.63. The Hall–Kier alpha value is -2.08. The van der Waals surface area contributed by atoms with Gasteiger partial charge in [-0.15, -0.1) is 0 Å². The molecule has 0 aliphatic heterocycles. The van der Waals surface area contributed by atoms with E-state index in [9.17, 15) is 9.59 Å². The zero-order chi connectivity index (χ0) is 14.5. The minimum absolute atomic E-state index is 0.0617. The molecule has 2 amide bonds. The predicted octanol–water partition coefficient (Wildman–Crippen LogP) is 1.49. The zero-order valence-corrected chi connectivity index (χ0v) is 11.4. The fourth-order valence-corrected chi connectivity index (χ4v) is 2.06. The summed E-state index contributed by atoms with van der Waals surface area (Å²) in [4.78, 5) is 24.3. The smallest absolute Gasteiger partial charge is 0.323 e. The standard InChI is InChI=1S/C14H19N3O3/c1-15-8-10-3-2-4-11(7-10)16-14(20)17(9-13(18)19)12-5-6-12/h2-4,7,12,15H,5-6,8-9H2,1H3,(H,16,20)(H,18,19). The molecule has 0 saturated heterocycles. The molecule has 0 bridgehead atoms. The van der Waals surface area contributed by atoms with Crippen molar-refractivity contribution in [3.05, 3.63) is 29.8 Å². The summed E-state index contributed by atoms with van der Waals surface area (Å²) < 4.78 is 0. The molecule has 1 aromatic carbocycles. The van der Waals surface area contributed by atoms with Crippen molar-refractivity contribution in [2.45, 2.75) is 25.4 Å². The number of rotatable bonds is 6. The maximum atomic E-state index is 12.1. The number of carbonyl (C=O) groups excluding carboxylic acids is 1. The Morgan fingerprint density at radius 3 is 2.75 bits per heavy atom. The van der Waals surface area contributed by atoms with E-state index in [1.165, 1.54) is 4.90 Å². The van der Waals surface area contributed by atoms with E-state index in [0.717, 1.165) is 18.4 Å². The van der Waals surface area contributed by atoms with Crippen LogP contribution in [0, 0.1) is 0 Å². The van der Waals surface area contributed by atoms with E-state index in [1.807, 2.05) is 25.2 Å². The minimum Gasteiger partial charge on any atom is -0.480 e. The van der Waals surface area contributed by atoms with Crippen molar-refractivity contribution in [1.82, 2.24) is 10.2 Å². The van der Waals surface area contributed by atoms with Gasteiger partial charge in [0.05, 0.1) is 0 Å². The van der Waals surface area contributed by atoms with Crippen LogP contribution >= 0.6 is 0 Å². The SMILES string of the molecule is CNCc1cccc(NC(=O)N(CC(=O)O)C2CC2)c1. The molecule has 0 atom stereocenters. The van der Waals surface area contributed by atoms with Crippen molar-refractivity contribution in [3.8, 4) is 0 Å². The molecule has 3 N–H and O–H groups in total. The maximum Gasteiger partial charge on any atom is 0.323 e. The van der Waals surface area contributed by atoms with Gasteiger partial charge in [-0.05, 0) is 37.6 Å². The lowest BCUT2D eigenvalue weighted by Crippen LogP contribution is -2.40. The molecule has 6 nitrogen and oxygen atoms in total. The Morgan fingerprint density at radius 1 is 1.40 bits per heavy atom. The highest BCUT2D eigenvalue weighted by Gasteiger charge is 2.33. The zero-order valence-electron chi connectivity index (χ0n) is 11.4. The van der Waals surface area contributed by atoms with Gasteiger partial charge in [0.25, 0.3) is 0 Å². The van der Waals surface area contributed by atoms with Crippen molar-refractivity contribution < 1.29 is 14.7 Å². The molecule has 20 heavy (non-hydrogen) atoms. The maximum absolute atomic E-state index is 12.1. The number of nitrogens with one attached hydrogen (secondary N) is 2. The summed E-state index contributed by atoms with van der Waals surface area (Å²) in [7, 11) is 1.85. The highest BCUT2D eigenvalue weighted by Crippen LogP contribution is 2.27. The van der Waals surface area contributed by atoms with Gasteiger partial charge in [-0.3, -0.25) is 4.79 Å². The molecule has 0 unspecified atom stereocenters. The number of carboxylic acids is 1. The summed E-state index contributed by atoms with van der Waals surface area (Å²) in [6.45, 7) is 0.456. The molecular weight excluding hydrogens is 258 g/mol. The summed E-state index contributed by atoms with van der Waals surface area (Å²) in [5.41, 5.74) is 1.74. The molecule has 108 valence electrons.